The second-order valence-corrected chi connectivity index (χ2v) is 13.8. The van der Waals surface area contributed by atoms with Crippen molar-refractivity contribution in [3.8, 4) is 0 Å². The Kier molecular flexibility index (Phi) is 11.8. The summed E-state index contributed by atoms with van der Waals surface area (Å²) in [7, 11) is -4.60. The molecule has 1 aromatic rings. The Morgan fingerprint density at radius 3 is 2.26 bits per heavy atom. The van der Waals surface area contributed by atoms with Crippen LogP contribution in [-0.4, -0.2) is 90.9 Å². The van der Waals surface area contributed by atoms with E-state index in [-0.39, 0.29) is 37.9 Å². The summed E-state index contributed by atoms with van der Waals surface area (Å²) in [5.41, 5.74) is -2.50. The van der Waals surface area contributed by atoms with Gasteiger partial charge in [-0.2, -0.15) is 8.42 Å². The number of rotatable bonds is 11. The fraction of sp³-hybridized carbons (Fsp3) is 0.630. The molecule has 1 aliphatic heterocycles. The normalized spacial score (nSPS) is 19.3. The van der Waals surface area contributed by atoms with Crippen molar-refractivity contribution in [2.24, 2.45) is 11.3 Å². The molecular weight excluding hydrogens is 610 g/mol. The van der Waals surface area contributed by atoms with E-state index in [1.54, 1.807) is 43.0 Å². The van der Waals surface area contributed by atoms with E-state index in [2.05, 4.69) is 20.1 Å². The van der Waals surface area contributed by atoms with E-state index in [9.17, 15) is 32.7 Å². The van der Waals surface area contributed by atoms with Crippen LogP contribution in [0.25, 0.3) is 0 Å². The van der Waals surface area contributed by atoms with E-state index in [0.717, 1.165) is 0 Å². The van der Waals surface area contributed by atoms with Crippen LogP contribution in [0, 0.1) is 11.3 Å². The molecule has 0 bridgehead atoms. The maximum absolute atomic E-state index is 13.5. The molecule has 1 aromatic carbocycles. The van der Waals surface area contributed by atoms with Gasteiger partial charge < -0.3 is 34.9 Å². The number of nitrogens with zero attached hydrogens (tertiary/aromatic N) is 1. The Morgan fingerprint density at radius 1 is 1.12 bits per heavy atom. The molecule has 4 N–H and O–H groups in total. The summed E-state index contributed by atoms with van der Waals surface area (Å²) in [6.45, 7) is 9.60. The first-order chi connectivity index (χ1) is 19.7. The number of carbonyl (C=O) groups excluding carboxylic acids is 4. The summed E-state index contributed by atoms with van der Waals surface area (Å²) in [5.74, 6) is -3.23. The third-order valence-corrected chi connectivity index (χ3v) is 7.89. The van der Waals surface area contributed by atoms with E-state index >= 15 is 0 Å². The number of ether oxygens (including phenoxy) is 3. The molecule has 43 heavy (non-hydrogen) atoms. The van der Waals surface area contributed by atoms with Gasteiger partial charge in [0.2, 0.25) is 12.7 Å². The first-order valence-corrected chi connectivity index (χ1v) is 15.4. The molecule has 16 heteroatoms. The van der Waals surface area contributed by atoms with Gasteiger partial charge in [0.1, 0.15) is 11.6 Å². The van der Waals surface area contributed by atoms with Crippen LogP contribution in [0.15, 0.2) is 24.3 Å². The number of urea groups is 1. The van der Waals surface area contributed by atoms with E-state index in [1.165, 1.54) is 13.8 Å². The van der Waals surface area contributed by atoms with Crippen LogP contribution >= 0.6 is 11.6 Å². The van der Waals surface area contributed by atoms with E-state index < -0.39 is 63.5 Å². The zero-order valence-electron chi connectivity index (χ0n) is 25.0. The monoisotopic (exact) mass is 649 g/mol. The second kappa shape index (κ2) is 14.1. The minimum atomic E-state index is -4.60. The highest BCUT2D eigenvalue weighted by molar-refractivity contribution is 7.86. The fourth-order valence-corrected chi connectivity index (χ4v) is 5.10. The topological polar surface area (TPSA) is 198 Å². The number of esters is 1. The number of carbonyl (C=O) groups is 4. The van der Waals surface area contributed by atoms with E-state index in [0.29, 0.717) is 10.6 Å². The van der Waals surface area contributed by atoms with Crippen molar-refractivity contribution in [2.75, 3.05) is 32.2 Å². The molecule has 14 nitrogen and oxygen atoms in total. The standard InChI is InChI=1S/C27H40ClN3O11S/c1-17(2)21(22(33)31-12-11-27(36,25(3,4)15-31)18-7-9-19(28)10-8-18)30-23(34)29-14-26(5,6)42-24(35)41-16-40-20(32)13-43(37,38)39/h7-10,17,21,36H,11-16H2,1-6H3,(H2,29,30,34)(H,37,38,39). The van der Waals surface area contributed by atoms with Gasteiger partial charge in [0, 0.05) is 23.5 Å². The van der Waals surface area contributed by atoms with Crippen LogP contribution in [0.3, 0.4) is 0 Å². The molecule has 1 fully saturated rings. The minimum Gasteiger partial charge on any atom is -0.427 e. The summed E-state index contributed by atoms with van der Waals surface area (Å²) in [4.78, 5) is 51.0. The van der Waals surface area contributed by atoms with Crippen LogP contribution in [0.5, 0.6) is 0 Å². The first-order valence-electron chi connectivity index (χ1n) is 13.4. The Balaban J connectivity index is 1.92. The lowest BCUT2D eigenvalue weighted by molar-refractivity contribution is -0.155. The highest BCUT2D eigenvalue weighted by Crippen LogP contribution is 2.46. The Labute approximate surface area is 256 Å². The van der Waals surface area contributed by atoms with Crippen molar-refractivity contribution < 1.29 is 51.5 Å². The average molecular weight is 650 g/mol. The van der Waals surface area contributed by atoms with Crippen molar-refractivity contribution in [1.29, 1.82) is 0 Å². The fourth-order valence-electron chi connectivity index (χ4n) is 4.59. The Bertz CT molecular complexity index is 1290. The van der Waals surface area contributed by atoms with E-state index in [1.807, 2.05) is 13.8 Å². The molecule has 1 heterocycles. The summed E-state index contributed by atoms with van der Waals surface area (Å²) in [6, 6.07) is 5.40. The third kappa shape index (κ3) is 10.5. The molecule has 3 amide bonds. The number of halogens is 1. The van der Waals surface area contributed by atoms with Crippen molar-refractivity contribution in [2.45, 2.75) is 65.2 Å². The highest BCUT2D eigenvalue weighted by atomic mass is 35.5. The Morgan fingerprint density at radius 2 is 1.72 bits per heavy atom. The number of piperidine rings is 1. The summed E-state index contributed by atoms with van der Waals surface area (Å²) in [5, 5.41) is 17.4. The van der Waals surface area contributed by atoms with Crippen LogP contribution in [0.4, 0.5) is 9.59 Å². The van der Waals surface area contributed by atoms with Crippen LogP contribution in [0.1, 0.15) is 53.5 Å². The molecule has 1 aliphatic rings. The predicted octanol–water partition coefficient (Wildman–Crippen LogP) is 2.43. The summed E-state index contributed by atoms with van der Waals surface area (Å²) >= 11 is 6.01. The third-order valence-electron chi connectivity index (χ3n) is 7.03. The molecule has 0 aliphatic carbocycles. The molecule has 0 radical (unpaired) electrons. The summed E-state index contributed by atoms with van der Waals surface area (Å²) < 4.78 is 43.8. The van der Waals surface area contributed by atoms with Crippen LogP contribution < -0.4 is 10.6 Å². The summed E-state index contributed by atoms with van der Waals surface area (Å²) in [6.07, 6.45) is -0.987. The largest absolute Gasteiger partial charge is 0.511 e. The molecule has 0 aromatic heterocycles. The number of hydrogen-bond acceptors (Lipinski definition) is 10. The number of likely N-dealkylation sites (tertiary alicyclic amines) is 1. The quantitative estimate of drug-likeness (QED) is 0.156. The molecule has 0 saturated carbocycles. The lowest BCUT2D eigenvalue weighted by atomic mass is 9.66. The van der Waals surface area contributed by atoms with Gasteiger partial charge in [0.25, 0.3) is 10.1 Å². The van der Waals surface area contributed by atoms with Gasteiger partial charge in [-0.15, -0.1) is 0 Å². The number of hydrogen-bond donors (Lipinski definition) is 4. The van der Waals surface area contributed by atoms with Gasteiger partial charge in [-0.1, -0.05) is 51.4 Å². The molecule has 2 atom stereocenters. The lowest BCUT2D eigenvalue weighted by Gasteiger charge is -2.51. The number of nitrogens with one attached hydrogen (secondary N) is 2. The van der Waals surface area contributed by atoms with Gasteiger partial charge in [-0.3, -0.25) is 14.1 Å². The van der Waals surface area contributed by atoms with Gasteiger partial charge >= 0.3 is 18.2 Å². The zero-order valence-corrected chi connectivity index (χ0v) is 26.6. The molecule has 242 valence electrons. The predicted molar refractivity (Wildman–Crippen MR) is 155 cm³/mol. The minimum absolute atomic E-state index is 0.194. The van der Waals surface area contributed by atoms with Gasteiger partial charge in [0.15, 0.2) is 5.75 Å². The first kappa shape index (κ1) is 36.1. The molecule has 2 unspecified atom stereocenters. The smallest absolute Gasteiger partial charge is 0.427 e. The molecule has 1 saturated heterocycles. The maximum atomic E-state index is 13.5. The maximum Gasteiger partial charge on any atom is 0.511 e. The Hall–Kier alpha value is -3.14. The SMILES string of the molecule is CC(C)C(NC(=O)NCC(C)(C)OC(=O)OCOC(=O)CS(=O)(=O)O)C(=O)N1CCC(O)(c2ccc(Cl)cc2)C(C)(C)C1. The second-order valence-electron chi connectivity index (χ2n) is 11.9. The van der Waals surface area contributed by atoms with E-state index in [4.69, 9.17) is 20.9 Å². The van der Waals surface area contributed by atoms with Gasteiger partial charge in [-0.25, -0.2) is 9.59 Å². The van der Waals surface area contributed by atoms with Crippen LogP contribution in [-0.2, 0) is 39.5 Å². The number of aliphatic hydroxyl groups is 1. The van der Waals surface area contributed by atoms with Crippen molar-refractivity contribution in [1.82, 2.24) is 15.5 Å². The molecular formula is C27H40ClN3O11S. The van der Waals surface area contributed by atoms with Crippen LogP contribution in [0.2, 0.25) is 5.02 Å². The van der Waals surface area contributed by atoms with Crippen molar-refractivity contribution >= 4 is 45.8 Å². The molecule has 2 rings (SSSR count). The van der Waals surface area contributed by atoms with Crippen molar-refractivity contribution in [3.63, 3.8) is 0 Å². The van der Waals surface area contributed by atoms with Gasteiger partial charge in [-0.05, 0) is 43.9 Å². The highest BCUT2D eigenvalue weighted by Gasteiger charge is 2.50. The zero-order chi connectivity index (χ0) is 32.8. The van der Waals surface area contributed by atoms with Gasteiger partial charge in [0.05, 0.1) is 12.1 Å². The molecule has 0 spiro atoms. The average Bonchev–Trinajstić information content (AvgIpc) is 2.86. The number of benzene rings is 1. The number of amides is 3. The lowest BCUT2D eigenvalue weighted by Crippen LogP contribution is -2.61. The van der Waals surface area contributed by atoms with Crippen molar-refractivity contribution in [3.05, 3.63) is 34.9 Å².